The molecule has 0 aliphatic rings. The van der Waals surface area contributed by atoms with Crippen molar-refractivity contribution in [2.24, 2.45) is 0 Å². The number of hydrogen-bond donors (Lipinski definition) is 0. The summed E-state index contributed by atoms with van der Waals surface area (Å²) < 4.78 is 16.1. The van der Waals surface area contributed by atoms with Crippen LogP contribution >= 0.6 is 11.8 Å². The van der Waals surface area contributed by atoms with E-state index in [-0.39, 0.29) is 12.3 Å². The Morgan fingerprint density at radius 3 is 2.17 bits per heavy atom. The van der Waals surface area contributed by atoms with Crippen molar-refractivity contribution in [2.45, 2.75) is 52.9 Å². The predicted octanol–water partition coefficient (Wildman–Crippen LogP) is 2.85. The van der Waals surface area contributed by atoms with Gasteiger partial charge in [-0.1, -0.05) is 0 Å². The molecule has 0 aromatic heterocycles. The molecule has 18 heavy (non-hydrogen) atoms. The lowest BCUT2D eigenvalue weighted by Gasteiger charge is -2.19. The molecule has 0 saturated heterocycles. The van der Waals surface area contributed by atoms with E-state index in [1.807, 2.05) is 34.6 Å². The second-order valence-electron chi connectivity index (χ2n) is 4.77. The van der Waals surface area contributed by atoms with Crippen LogP contribution in [-0.2, 0) is 19.0 Å². The summed E-state index contributed by atoms with van der Waals surface area (Å²) in [6, 6.07) is 0. The summed E-state index contributed by atoms with van der Waals surface area (Å²) in [5.74, 6) is 1.03. The van der Waals surface area contributed by atoms with Crippen molar-refractivity contribution < 1.29 is 19.0 Å². The number of rotatable bonds is 9. The maximum Gasteiger partial charge on any atom is 0.316 e. The first-order valence-corrected chi connectivity index (χ1v) is 7.57. The number of ether oxygens (including phenoxy) is 3. The fourth-order valence-corrected chi connectivity index (χ4v) is 2.02. The zero-order valence-corrected chi connectivity index (χ0v) is 13.0. The Balaban J connectivity index is 3.67. The minimum atomic E-state index is -0.406. The second-order valence-corrected chi connectivity index (χ2v) is 5.87. The molecular weight excluding hydrogens is 252 g/mol. The van der Waals surface area contributed by atoms with Crippen molar-refractivity contribution in [3.05, 3.63) is 0 Å². The lowest BCUT2D eigenvalue weighted by molar-refractivity contribution is -0.151. The normalized spacial score (nSPS) is 11.9. The Hall–Kier alpha value is -0.260. The van der Waals surface area contributed by atoms with Crippen LogP contribution in [0, 0.1) is 0 Å². The van der Waals surface area contributed by atoms with Crippen LogP contribution in [0.4, 0.5) is 0 Å². The van der Waals surface area contributed by atoms with Crippen LogP contribution in [0.25, 0.3) is 0 Å². The van der Waals surface area contributed by atoms with Crippen molar-refractivity contribution in [1.82, 2.24) is 0 Å². The van der Waals surface area contributed by atoms with Crippen molar-refractivity contribution in [1.29, 1.82) is 0 Å². The van der Waals surface area contributed by atoms with Gasteiger partial charge in [-0.15, -0.1) is 11.8 Å². The van der Waals surface area contributed by atoms with Gasteiger partial charge < -0.3 is 14.2 Å². The van der Waals surface area contributed by atoms with E-state index in [0.29, 0.717) is 19.0 Å². The molecule has 0 aromatic rings. The number of esters is 1. The molecule has 4 nitrogen and oxygen atoms in total. The molecule has 0 rings (SSSR count). The SMILES string of the molecule is CCOC(CCSCC(=O)OC(C)(C)C)OCC. The van der Waals surface area contributed by atoms with Crippen LogP contribution in [0.1, 0.15) is 41.0 Å². The summed E-state index contributed by atoms with van der Waals surface area (Å²) in [5, 5.41) is 0. The van der Waals surface area contributed by atoms with E-state index in [2.05, 4.69) is 0 Å². The van der Waals surface area contributed by atoms with E-state index in [9.17, 15) is 4.79 Å². The van der Waals surface area contributed by atoms with Crippen LogP contribution in [0.15, 0.2) is 0 Å². The highest BCUT2D eigenvalue weighted by Gasteiger charge is 2.16. The Morgan fingerprint density at radius 2 is 1.72 bits per heavy atom. The van der Waals surface area contributed by atoms with Gasteiger partial charge in [-0.3, -0.25) is 4.79 Å². The van der Waals surface area contributed by atoms with E-state index in [1.165, 1.54) is 0 Å². The standard InChI is InChI=1S/C13H26O4S/c1-6-15-12(16-7-2)8-9-18-10-11(14)17-13(3,4)5/h12H,6-10H2,1-5H3. The predicted molar refractivity (Wildman–Crippen MR) is 74.8 cm³/mol. The highest BCUT2D eigenvalue weighted by atomic mass is 32.2. The minimum absolute atomic E-state index is 0.161. The molecule has 0 amide bonds. The van der Waals surface area contributed by atoms with Gasteiger partial charge in [0.2, 0.25) is 0 Å². The van der Waals surface area contributed by atoms with Crippen LogP contribution in [0.5, 0.6) is 0 Å². The maximum atomic E-state index is 11.4. The van der Waals surface area contributed by atoms with Crippen molar-refractivity contribution in [3.8, 4) is 0 Å². The highest BCUT2D eigenvalue weighted by Crippen LogP contribution is 2.12. The van der Waals surface area contributed by atoms with Gasteiger partial charge >= 0.3 is 5.97 Å². The van der Waals surface area contributed by atoms with E-state index in [0.717, 1.165) is 12.2 Å². The van der Waals surface area contributed by atoms with Crippen LogP contribution in [0.3, 0.4) is 0 Å². The topological polar surface area (TPSA) is 44.8 Å². The fourth-order valence-electron chi connectivity index (χ4n) is 1.29. The smallest absolute Gasteiger partial charge is 0.316 e. The third-order valence-corrected chi connectivity index (χ3v) is 2.81. The molecule has 5 heteroatoms. The van der Waals surface area contributed by atoms with Crippen molar-refractivity contribution >= 4 is 17.7 Å². The lowest BCUT2D eigenvalue weighted by Crippen LogP contribution is -2.25. The highest BCUT2D eigenvalue weighted by molar-refractivity contribution is 7.99. The van der Waals surface area contributed by atoms with Crippen molar-refractivity contribution in [3.63, 3.8) is 0 Å². The first-order chi connectivity index (χ1) is 8.39. The second kappa shape index (κ2) is 9.64. The fraction of sp³-hybridized carbons (Fsp3) is 0.923. The van der Waals surface area contributed by atoms with Crippen molar-refractivity contribution in [2.75, 3.05) is 24.7 Å². The van der Waals surface area contributed by atoms with Crippen LogP contribution in [-0.4, -0.2) is 42.6 Å². The molecule has 0 bridgehead atoms. The van der Waals surface area contributed by atoms with E-state index < -0.39 is 5.60 Å². The zero-order valence-electron chi connectivity index (χ0n) is 12.2. The summed E-state index contributed by atoms with van der Waals surface area (Å²) in [7, 11) is 0. The van der Waals surface area contributed by atoms with Gasteiger partial charge in [0.25, 0.3) is 0 Å². The average molecular weight is 278 g/mol. The molecule has 0 N–H and O–H groups in total. The molecule has 0 radical (unpaired) electrons. The molecule has 0 aliphatic carbocycles. The number of thioether (sulfide) groups is 1. The molecule has 108 valence electrons. The summed E-state index contributed by atoms with van der Waals surface area (Å²) in [6.45, 7) is 10.8. The third-order valence-electron chi connectivity index (χ3n) is 1.84. The Bertz CT molecular complexity index is 220. The zero-order chi connectivity index (χ0) is 14.0. The molecular formula is C13H26O4S. The number of carbonyl (C=O) groups is 1. The molecule has 0 fully saturated rings. The van der Waals surface area contributed by atoms with Gasteiger partial charge in [0, 0.05) is 19.6 Å². The van der Waals surface area contributed by atoms with Gasteiger partial charge in [-0.25, -0.2) is 0 Å². The van der Waals surface area contributed by atoms with Crippen LogP contribution in [0.2, 0.25) is 0 Å². The van der Waals surface area contributed by atoms with E-state index >= 15 is 0 Å². The Labute approximate surface area is 115 Å². The number of carbonyl (C=O) groups excluding carboxylic acids is 1. The molecule has 0 atom stereocenters. The largest absolute Gasteiger partial charge is 0.459 e. The number of hydrogen-bond acceptors (Lipinski definition) is 5. The third kappa shape index (κ3) is 10.9. The molecule has 0 aliphatic heterocycles. The molecule has 0 aromatic carbocycles. The quantitative estimate of drug-likeness (QED) is 0.369. The van der Waals surface area contributed by atoms with E-state index in [4.69, 9.17) is 14.2 Å². The molecule has 0 saturated carbocycles. The maximum absolute atomic E-state index is 11.4. The molecule has 0 spiro atoms. The van der Waals surface area contributed by atoms with Gasteiger partial charge in [-0.2, -0.15) is 0 Å². The lowest BCUT2D eigenvalue weighted by atomic mass is 10.2. The van der Waals surface area contributed by atoms with E-state index in [1.54, 1.807) is 11.8 Å². The van der Waals surface area contributed by atoms with Gasteiger partial charge in [0.05, 0.1) is 5.75 Å². The average Bonchev–Trinajstić information content (AvgIpc) is 2.22. The first kappa shape index (κ1) is 17.7. The van der Waals surface area contributed by atoms with Gasteiger partial charge in [-0.05, 0) is 40.4 Å². The Morgan fingerprint density at radius 1 is 1.17 bits per heavy atom. The summed E-state index contributed by atoms with van der Waals surface area (Å²) in [6.07, 6.45) is 0.626. The summed E-state index contributed by atoms with van der Waals surface area (Å²) in [5.41, 5.74) is -0.406. The molecule has 0 heterocycles. The summed E-state index contributed by atoms with van der Waals surface area (Å²) in [4.78, 5) is 11.4. The first-order valence-electron chi connectivity index (χ1n) is 6.41. The monoisotopic (exact) mass is 278 g/mol. The molecule has 0 unspecified atom stereocenters. The minimum Gasteiger partial charge on any atom is -0.459 e. The van der Waals surface area contributed by atoms with Gasteiger partial charge in [0.1, 0.15) is 5.60 Å². The van der Waals surface area contributed by atoms with Crippen LogP contribution < -0.4 is 0 Å². The Kier molecular flexibility index (Phi) is 9.50. The van der Waals surface area contributed by atoms with Gasteiger partial charge in [0.15, 0.2) is 6.29 Å². The summed E-state index contributed by atoms with van der Waals surface area (Å²) >= 11 is 1.55.